The molecule has 0 saturated heterocycles. The molecule has 3 nitrogen and oxygen atoms in total. The van der Waals surface area contributed by atoms with Crippen LogP contribution in [0.5, 0.6) is 0 Å². The van der Waals surface area contributed by atoms with Crippen molar-refractivity contribution >= 4 is 174 Å². The summed E-state index contributed by atoms with van der Waals surface area (Å²) >= 11 is 0. The van der Waals surface area contributed by atoms with Gasteiger partial charge in [0.25, 0.3) is 0 Å². The lowest BCUT2D eigenvalue weighted by atomic mass is 9.80. The summed E-state index contributed by atoms with van der Waals surface area (Å²) in [6.45, 7) is 4.09. The summed E-state index contributed by atoms with van der Waals surface area (Å²) in [5, 5.41) is -5.23. The topological polar surface area (TPSA) is 39.4 Å². The van der Waals surface area contributed by atoms with E-state index in [9.17, 15) is 28.8 Å². The molecule has 3 heteroatoms. The molecule has 0 N–H and O–H groups in total. The summed E-state index contributed by atoms with van der Waals surface area (Å²) < 4.78 is 478. The Bertz CT molecular complexity index is 12500. The lowest BCUT2D eigenvalue weighted by Gasteiger charge is -2.22. The molecule has 0 atom stereocenters. The molecule has 0 radical (unpaired) electrons. The Balaban J connectivity index is 0.000000130. The van der Waals surface area contributed by atoms with Gasteiger partial charge in [-0.05, 0) is 246 Å². The second-order valence-corrected chi connectivity index (χ2v) is 31.4. The van der Waals surface area contributed by atoms with Gasteiger partial charge in [0.05, 0.1) is 69.9 Å². The number of hydrogen-bond acceptors (Lipinski definition) is 3. The van der Waals surface area contributed by atoms with Crippen LogP contribution in [0.1, 0.15) is 94.9 Å². The van der Waals surface area contributed by atoms with E-state index in [-0.39, 0.29) is 179 Å². The fourth-order valence-corrected chi connectivity index (χ4v) is 18.5. The molecule has 3 aromatic heterocycles. The van der Waals surface area contributed by atoms with Gasteiger partial charge >= 0.3 is 0 Å². The third-order valence-electron chi connectivity index (χ3n) is 24.2. The maximum atomic E-state index is 9.85. The van der Waals surface area contributed by atoms with Gasteiger partial charge in [-0.15, -0.1) is 0 Å². The highest BCUT2D eigenvalue weighted by molar-refractivity contribution is 6.29. The molecule has 28 rings (SSSR count). The Hall–Kier alpha value is -16.7. The normalized spacial score (nSPS) is 17.9. The molecule has 27 aromatic rings. The van der Waals surface area contributed by atoms with Gasteiger partial charge in [-0.25, -0.2) is 0 Å². The third kappa shape index (κ3) is 11.6. The fourth-order valence-electron chi connectivity index (χ4n) is 18.5. The molecule has 0 spiro atoms. The van der Waals surface area contributed by atoms with Crippen LogP contribution in [0.4, 0.5) is 0 Å². The molecule has 0 bridgehead atoms. The zero-order valence-corrected chi connectivity index (χ0v) is 67.5. The van der Waals surface area contributed by atoms with Crippen molar-refractivity contribution in [2.75, 3.05) is 0 Å². The minimum atomic E-state index is -0.741. The van der Waals surface area contributed by atoms with E-state index in [0.717, 1.165) is 22.1 Å². The number of hydrogen-bond donors (Lipinski definition) is 0. The minimum absolute atomic E-state index is 0.0362. The lowest BCUT2D eigenvalue weighted by Crippen LogP contribution is -2.14. The Morgan fingerprint density at radius 3 is 0.900 bits per heavy atom. The van der Waals surface area contributed by atoms with Crippen molar-refractivity contribution in [2.45, 2.75) is 19.3 Å². The quantitative estimate of drug-likeness (QED) is 0.149. The molecule has 1 aliphatic carbocycles. The van der Waals surface area contributed by atoms with Crippen molar-refractivity contribution in [3.63, 3.8) is 0 Å². The van der Waals surface area contributed by atoms with E-state index in [2.05, 4.69) is 0 Å². The largest absolute Gasteiger partial charge is 0.455 e. The summed E-state index contributed by atoms with van der Waals surface area (Å²) in [4.78, 5) is 0. The predicted octanol–water partition coefficient (Wildman–Crippen LogP) is 36.3. The van der Waals surface area contributed by atoms with Crippen LogP contribution < -0.4 is 0 Å². The molecule has 3 heterocycles. The van der Waals surface area contributed by atoms with Gasteiger partial charge in [0.2, 0.25) is 0 Å². The Labute approximate surface area is 821 Å². The molecule has 606 valence electrons. The Morgan fingerprint density at radius 2 is 0.477 bits per heavy atom. The molecule has 0 fully saturated rings. The van der Waals surface area contributed by atoms with Crippen LogP contribution in [-0.4, -0.2) is 0 Å². The molecular weight excluding hydrogens is 1570 g/mol. The second kappa shape index (κ2) is 29.7. The van der Waals surface area contributed by atoms with Gasteiger partial charge in [-0.3, -0.25) is 0 Å². The number of rotatable bonds is 7. The Morgan fingerprint density at radius 1 is 0.177 bits per heavy atom. The van der Waals surface area contributed by atoms with Crippen LogP contribution in [0.3, 0.4) is 0 Å². The molecule has 0 aliphatic heterocycles. The van der Waals surface area contributed by atoms with Gasteiger partial charge < -0.3 is 13.3 Å². The van der Waals surface area contributed by atoms with E-state index in [1.165, 1.54) is 0 Å². The Kier molecular flexibility index (Phi) is 9.11. The molecule has 0 amide bonds. The van der Waals surface area contributed by atoms with Gasteiger partial charge in [0.15, 0.2) is 0 Å². The van der Waals surface area contributed by atoms with Gasteiger partial charge in [0, 0.05) is 53.9 Å². The first-order chi connectivity index (χ1) is 85.5. The highest BCUT2D eigenvalue weighted by atomic mass is 16.3. The van der Waals surface area contributed by atoms with Crippen molar-refractivity contribution in [3.05, 3.63) is 459 Å². The van der Waals surface area contributed by atoms with E-state index in [1.807, 2.05) is 74.5 Å². The van der Waals surface area contributed by atoms with Gasteiger partial charge in [0.1, 0.15) is 33.5 Å². The minimum Gasteiger partial charge on any atom is -0.455 e. The van der Waals surface area contributed by atoms with Crippen LogP contribution >= 0.6 is 0 Å². The van der Waals surface area contributed by atoms with E-state index in [1.54, 1.807) is 78.9 Å². The molecule has 24 aromatic carbocycles. The smallest absolute Gasteiger partial charge is 0.143 e. The molecule has 1 aliphatic rings. The van der Waals surface area contributed by atoms with Crippen molar-refractivity contribution < 1.29 is 83.2 Å². The van der Waals surface area contributed by atoms with Crippen LogP contribution in [0.25, 0.3) is 263 Å². The van der Waals surface area contributed by atoms with Gasteiger partial charge in [-0.1, -0.05) is 407 Å². The van der Waals surface area contributed by atoms with E-state index in [0.29, 0.717) is 38.8 Å². The highest BCUT2D eigenvalue weighted by Gasteiger charge is 2.38. The molecule has 0 unspecified atom stereocenters. The van der Waals surface area contributed by atoms with Crippen LogP contribution in [0.2, 0.25) is 0 Å². The van der Waals surface area contributed by atoms with Crippen molar-refractivity contribution in [1.29, 1.82) is 0 Å². The molecule has 130 heavy (non-hydrogen) atoms. The average Bonchev–Trinajstić information content (AvgIpc) is 1.67. The fraction of sp³-hybridized carbons (Fsp3) is 0.0236. The highest BCUT2D eigenvalue weighted by Crippen LogP contribution is 2.57. The van der Waals surface area contributed by atoms with Crippen LogP contribution in [0, 0.1) is 0 Å². The summed E-state index contributed by atoms with van der Waals surface area (Å²) in [6.07, 6.45) is 0. The van der Waals surface area contributed by atoms with Crippen LogP contribution in [-0.2, 0) is 5.41 Å². The standard InChI is InChI=1S/C45H30O.C42H26O.C40H24O/c1-45(2)38-20-10-9-18-35(38)43-36(19-11-21-39(43)45)42-32-16-7-5-14-30(32)41(31-15-6-8-17-33(31)42)28-23-25-40-37(26-28)34-24-22-27-12-3-4-13-29(27)44(34)46-40;1-2-12-27(13-3-1)30-15-6-7-17-32(30)41-35-20-10-8-18-33(35)40(34-19-9-11-21-36(34)41)29-23-25-39-38(26-29)37-24-22-28-14-4-5-16-31(28)42(37)43-39;1-3-13-28-25(10-1)12-9-19-30(28)39-33-17-7-5-15-31(33)38(32-16-6-8-18-34(32)39)27-21-23-37-36(24-27)35-22-20-26-11-2-4-14-29(26)40(35)41-37/h3-26H,1-2H3;1-26H;1-24H/i3D,4D,5D,6D,7D,8D,12D,13D,14D,15D,16D,17D,22D,23D,24D,25D,26D;4D,5D,8D,9D,10D,11D,14D,16D,18D,19D,20D,21D,22D,23D,24D,25D,26D;2D,4D,5D,6D,7D,8D,11D,14D,15D,16D,17D,18D,20D,21D,22D,23D,24D. The predicted molar refractivity (Wildman–Crippen MR) is 552 cm³/mol. The SMILES string of the molecule is [2H]c1c(-c2c3c([2H])c([2H])c([2H])c([2H])c3c(-c3cccc4c3-c3ccccc3C4(C)C)c3c([2H])c([2H])c([2H])c([2H])c23)c([2H])c2c(oc3c4c([2H])c([2H])c([2H])c([2H])c4c([2H])c([2H])c32)c1[2H].[2H]c1c(-c2c3c([2H])c([2H])c([2H])c([2H])c3c(-c3cccc4ccccc34)c3c([2H])c([2H])c([2H])c([2H])c23)c([2H])c2c(oc3c4c([2H])c([2H])c([2H])c([2H])c4c([2H])c([2H])c32)c1[2H].[2H]c1c(-c2c3c([2H])c([2H])c([2H])c([2H])c3c(-c3ccccc3-c3ccccc3)c3c([2H])c([2H])c([2H])c([2H])c23)c([2H])c2c(oc3c4c([2H])c([2H])c([2H])c([2H])c4c([2H])c([2H])c32)c1[2H]. The van der Waals surface area contributed by atoms with Crippen LogP contribution in [0.15, 0.2) is 461 Å². The number of furan rings is 3. The van der Waals surface area contributed by atoms with Crippen molar-refractivity contribution in [3.8, 4) is 89.0 Å². The number of benzene rings is 24. The summed E-state index contributed by atoms with van der Waals surface area (Å²) in [5.41, 5.74) is 0.406. The maximum absolute atomic E-state index is 9.85. The van der Waals surface area contributed by atoms with E-state index < -0.39 is 347 Å². The zero-order chi connectivity index (χ0) is 130. The van der Waals surface area contributed by atoms with Crippen molar-refractivity contribution in [2.24, 2.45) is 0 Å². The van der Waals surface area contributed by atoms with Gasteiger partial charge in [-0.2, -0.15) is 0 Å². The molecular formula is C127H80O3. The summed E-state index contributed by atoms with van der Waals surface area (Å²) in [7, 11) is 0. The zero-order valence-electron chi connectivity index (χ0n) is 119. The first-order valence-corrected chi connectivity index (χ1v) is 40.9. The third-order valence-corrected chi connectivity index (χ3v) is 24.2. The maximum Gasteiger partial charge on any atom is 0.143 e. The average molecular weight is 1710 g/mol. The molecule has 0 saturated carbocycles. The summed E-state index contributed by atoms with van der Waals surface area (Å²) in [5.74, 6) is 0. The summed E-state index contributed by atoms with van der Waals surface area (Å²) in [6, 6.07) is 8.23. The lowest BCUT2D eigenvalue weighted by molar-refractivity contribution is 0.660. The monoisotopic (exact) mass is 1700 g/mol. The second-order valence-electron chi connectivity index (χ2n) is 31.4. The number of fused-ring (bicyclic) bond motifs is 25. The van der Waals surface area contributed by atoms with E-state index in [4.69, 9.17) is 54.4 Å². The first kappa shape index (κ1) is 39.9. The van der Waals surface area contributed by atoms with E-state index >= 15 is 0 Å². The first-order valence-electron chi connectivity index (χ1n) is 66.4. The van der Waals surface area contributed by atoms with Crippen molar-refractivity contribution in [1.82, 2.24) is 0 Å².